The highest BCUT2D eigenvalue weighted by Crippen LogP contribution is 2.36. The van der Waals surface area contributed by atoms with Crippen molar-refractivity contribution < 1.29 is 28.8 Å². The van der Waals surface area contributed by atoms with Crippen LogP contribution in [0.15, 0.2) is 24.3 Å². The van der Waals surface area contributed by atoms with Gasteiger partial charge in [0, 0.05) is 28.7 Å². The van der Waals surface area contributed by atoms with Crippen LogP contribution in [0, 0.1) is 27.9 Å². The van der Waals surface area contributed by atoms with E-state index in [0.717, 1.165) is 0 Å². The number of carbonyl (C=O) groups excluding carboxylic acids is 3. The predicted molar refractivity (Wildman–Crippen MR) is 90.5 cm³/mol. The molecule has 1 aliphatic carbocycles. The number of carbonyl (C=O) groups is 3. The van der Waals surface area contributed by atoms with Crippen LogP contribution in [0.3, 0.4) is 0 Å². The maximum absolute atomic E-state index is 12.0. The zero-order valence-electron chi connectivity index (χ0n) is 14.7. The van der Waals surface area contributed by atoms with Gasteiger partial charge in [0.25, 0.3) is 0 Å². The molecule has 8 nitrogen and oxygen atoms in total. The maximum atomic E-state index is 12.0. The molecule has 1 aliphatic rings. The van der Waals surface area contributed by atoms with Crippen LogP contribution in [0.25, 0.3) is 0 Å². The molecule has 0 aliphatic heterocycles. The van der Waals surface area contributed by atoms with Gasteiger partial charge in [0.1, 0.15) is 11.5 Å². The molecule has 0 amide bonds. The molecule has 0 bridgehead atoms. The summed E-state index contributed by atoms with van der Waals surface area (Å²) in [5, 5.41) is 10.8. The van der Waals surface area contributed by atoms with Gasteiger partial charge in [0.2, 0.25) is 6.54 Å². The second-order valence-corrected chi connectivity index (χ2v) is 6.45. The van der Waals surface area contributed by atoms with Gasteiger partial charge in [-0.1, -0.05) is 6.92 Å². The minimum absolute atomic E-state index is 0.147. The molecule has 1 fully saturated rings. The zero-order valence-corrected chi connectivity index (χ0v) is 14.7. The Morgan fingerprint density at radius 3 is 2.50 bits per heavy atom. The van der Waals surface area contributed by atoms with Gasteiger partial charge >= 0.3 is 5.97 Å². The molecule has 1 saturated carbocycles. The minimum Gasteiger partial charge on any atom is -0.497 e. The third kappa shape index (κ3) is 4.87. The summed E-state index contributed by atoms with van der Waals surface area (Å²) in [4.78, 5) is 46.4. The normalized spacial score (nSPS) is 22.1. The van der Waals surface area contributed by atoms with Crippen molar-refractivity contribution in [2.45, 2.75) is 19.8 Å². The van der Waals surface area contributed by atoms with E-state index < -0.39 is 29.3 Å². The van der Waals surface area contributed by atoms with Crippen molar-refractivity contribution in [1.82, 2.24) is 0 Å². The fourth-order valence-electron chi connectivity index (χ4n) is 3.24. The van der Waals surface area contributed by atoms with Crippen LogP contribution in [0.2, 0.25) is 0 Å². The van der Waals surface area contributed by atoms with Gasteiger partial charge in [0.05, 0.1) is 13.5 Å². The van der Waals surface area contributed by atoms with E-state index in [1.807, 2.05) is 0 Å². The smallest absolute Gasteiger partial charge is 0.306 e. The van der Waals surface area contributed by atoms with E-state index in [0.29, 0.717) is 11.3 Å². The summed E-state index contributed by atoms with van der Waals surface area (Å²) in [6, 6.07) is 6.36. The Kier molecular flexibility index (Phi) is 6.43. The van der Waals surface area contributed by atoms with Crippen LogP contribution in [0.1, 0.15) is 30.1 Å². The third-order valence-electron chi connectivity index (χ3n) is 4.71. The molecule has 3 atom stereocenters. The predicted octanol–water partition coefficient (Wildman–Crippen LogP) is 1.93. The van der Waals surface area contributed by atoms with E-state index >= 15 is 0 Å². The first-order valence-corrected chi connectivity index (χ1v) is 8.29. The summed E-state index contributed by atoms with van der Waals surface area (Å²) in [6.07, 6.45) is -0.0151. The average molecular weight is 363 g/mol. The van der Waals surface area contributed by atoms with Gasteiger partial charge in [-0.15, -0.1) is 0 Å². The van der Waals surface area contributed by atoms with Crippen molar-refractivity contribution in [3.8, 4) is 5.75 Å². The molecule has 2 rings (SSSR count). The number of methoxy groups -OCH3 is 1. The first-order valence-electron chi connectivity index (χ1n) is 8.29. The SMILES string of the molecule is COc1ccc(C(=O)COC(=O)C[C@H]2C(=O)C[C@H](C)[C@H]2C[N+](=O)[O-])cc1. The molecule has 0 radical (unpaired) electrons. The first-order chi connectivity index (χ1) is 12.3. The molecule has 8 heteroatoms. The van der Waals surface area contributed by atoms with Gasteiger partial charge in [-0.2, -0.15) is 0 Å². The lowest BCUT2D eigenvalue weighted by Gasteiger charge is -2.16. The van der Waals surface area contributed by atoms with E-state index in [1.165, 1.54) is 7.11 Å². The average Bonchev–Trinajstić information content (AvgIpc) is 2.86. The number of hydrogen-bond acceptors (Lipinski definition) is 7. The number of nitro groups is 1. The lowest BCUT2D eigenvalue weighted by Crippen LogP contribution is -2.28. The first kappa shape index (κ1) is 19.6. The summed E-state index contributed by atoms with van der Waals surface area (Å²) >= 11 is 0. The molecule has 0 unspecified atom stereocenters. The molecule has 140 valence electrons. The number of hydrogen-bond donors (Lipinski definition) is 0. The Bertz CT molecular complexity index is 698. The number of ketones is 2. The van der Waals surface area contributed by atoms with Gasteiger partial charge in [-0.05, 0) is 30.2 Å². The lowest BCUT2D eigenvalue weighted by atomic mass is 9.88. The molecule has 0 N–H and O–H groups in total. The van der Waals surface area contributed by atoms with E-state index in [2.05, 4.69) is 0 Å². The highest BCUT2D eigenvalue weighted by Gasteiger charge is 2.44. The highest BCUT2D eigenvalue weighted by atomic mass is 16.6. The summed E-state index contributed by atoms with van der Waals surface area (Å²) in [7, 11) is 1.51. The van der Waals surface area contributed by atoms with E-state index in [1.54, 1.807) is 31.2 Å². The minimum atomic E-state index is -0.723. The molecule has 0 spiro atoms. The molecular formula is C18H21NO7. The van der Waals surface area contributed by atoms with Crippen LogP contribution in [0.5, 0.6) is 5.75 Å². The fraction of sp³-hybridized carbons (Fsp3) is 0.500. The van der Waals surface area contributed by atoms with Gasteiger partial charge < -0.3 is 9.47 Å². The second kappa shape index (κ2) is 8.55. The van der Waals surface area contributed by atoms with Gasteiger partial charge in [-0.3, -0.25) is 24.5 Å². The Hall–Kier alpha value is -2.77. The monoisotopic (exact) mass is 363 g/mol. The number of rotatable bonds is 8. The zero-order chi connectivity index (χ0) is 19.3. The summed E-state index contributed by atoms with van der Waals surface area (Å²) in [6.45, 7) is 0.974. The van der Waals surface area contributed by atoms with Crippen LogP contribution in [-0.4, -0.2) is 42.7 Å². The topological polar surface area (TPSA) is 113 Å². The van der Waals surface area contributed by atoms with Crippen LogP contribution < -0.4 is 4.74 Å². The standard InChI is InChI=1S/C18H21NO7/c1-11-7-16(20)14(15(11)9-19(23)24)8-18(22)26-10-17(21)12-3-5-13(25-2)6-4-12/h3-6,11,14-15H,7-10H2,1-2H3/t11-,14+,15+/m0/s1. The van der Waals surface area contributed by atoms with Crippen molar-refractivity contribution >= 4 is 17.5 Å². The van der Waals surface area contributed by atoms with E-state index in [9.17, 15) is 24.5 Å². The number of ether oxygens (including phenoxy) is 2. The van der Waals surface area contributed by atoms with Crippen LogP contribution in [-0.2, 0) is 14.3 Å². The molecular weight excluding hydrogens is 342 g/mol. The molecule has 1 aromatic rings. The second-order valence-electron chi connectivity index (χ2n) is 6.45. The molecule has 26 heavy (non-hydrogen) atoms. The quantitative estimate of drug-likeness (QED) is 0.300. The largest absolute Gasteiger partial charge is 0.497 e. The van der Waals surface area contributed by atoms with Crippen molar-refractivity contribution in [2.24, 2.45) is 17.8 Å². The number of benzene rings is 1. The van der Waals surface area contributed by atoms with Gasteiger partial charge in [0.15, 0.2) is 12.4 Å². The molecule has 1 aromatic carbocycles. The maximum Gasteiger partial charge on any atom is 0.306 e. The Morgan fingerprint density at radius 2 is 1.92 bits per heavy atom. The summed E-state index contributed by atoms with van der Waals surface area (Å²) < 4.78 is 9.97. The number of esters is 1. The third-order valence-corrected chi connectivity index (χ3v) is 4.71. The van der Waals surface area contributed by atoms with Crippen molar-refractivity contribution in [2.75, 3.05) is 20.3 Å². The Balaban J connectivity index is 1.89. The molecule has 0 saturated heterocycles. The van der Waals surface area contributed by atoms with Crippen molar-refractivity contribution in [3.63, 3.8) is 0 Å². The van der Waals surface area contributed by atoms with Crippen LogP contribution >= 0.6 is 0 Å². The van der Waals surface area contributed by atoms with Crippen molar-refractivity contribution in [3.05, 3.63) is 39.9 Å². The Morgan fingerprint density at radius 1 is 1.27 bits per heavy atom. The fourth-order valence-corrected chi connectivity index (χ4v) is 3.24. The lowest BCUT2D eigenvalue weighted by molar-refractivity contribution is -0.490. The van der Waals surface area contributed by atoms with E-state index in [4.69, 9.17) is 9.47 Å². The summed E-state index contributed by atoms with van der Waals surface area (Å²) in [5.74, 6) is -2.00. The number of nitrogens with zero attached hydrogens (tertiary/aromatic N) is 1. The highest BCUT2D eigenvalue weighted by molar-refractivity contribution is 5.98. The van der Waals surface area contributed by atoms with Crippen LogP contribution in [0.4, 0.5) is 0 Å². The Labute approximate surface area is 150 Å². The summed E-state index contributed by atoms with van der Waals surface area (Å²) in [5.41, 5.74) is 0.371. The number of Topliss-reactive ketones (excluding diaryl/α,β-unsaturated/α-hetero) is 2. The molecule has 0 aromatic heterocycles. The van der Waals surface area contributed by atoms with Crippen molar-refractivity contribution in [1.29, 1.82) is 0 Å². The van der Waals surface area contributed by atoms with Gasteiger partial charge in [-0.25, -0.2) is 0 Å². The van der Waals surface area contributed by atoms with E-state index in [-0.39, 0.29) is 36.9 Å². The molecule has 0 heterocycles.